The van der Waals surface area contributed by atoms with Crippen LogP contribution in [0.2, 0.25) is 0 Å². The van der Waals surface area contributed by atoms with E-state index >= 15 is 0 Å². The largest absolute Gasteiger partial charge is 0.325 e. The van der Waals surface area contributed by atoms with Gasteiger partial charge in [0.05, 0.1) is 12.7 Å². The van der Waals surface area contributed by atoms with Gasteiger partial charge >= 0.3 is 0 Å². The molecule has 1 aliphatic rings. The van der Waals surface area contributed by atoms with Crippen LogP contribution in [-0.2, 0) is 4.79 Å². The van der Waals surface area contributed by atoms with Crippen molar-refractivity contribution in [1.82, 2.24) is 15.1 Å². The second kappa shape index (κ2) is 5.64. The molecule has 0 aliphatic carbocycles. The van der Waals surface area contributed by atoms with E-state index in [4.69, 9.17) is 0 Å². The number of nitrogens with one attached hydrogen (secondary N) is 1. The van der Waals surface area contributed by atoms with Crippen molar-refractivity contribution in [2.75, 3.05) is 27.3 Å². The van der Waals surface area contributed by atoms with E-state index in [9.17, 15) is 4.79 Å². The standard InChI is InChI=1S/C12H25N3O/c1-6-9(2)11-12(16)15(8-13-11)10(3)7-14(4)5/h9-11,13H,6-8H2,1-5H3. The molecular weight excluding hydrogens is 202 g/mol. The summed E-state index contributed by atoms with van der Waals surface area (Å²) >= 11 is 0. The van der Waals surface area contributed by atoms with Gasteiger partial charge in [-0.15, -0.1) is 0 Å². The monoisotopic (exact) mass is 227 g/mol. The fraction of sp³-hybridized carbons (Fsp3) is 0.917. The van der Waals surface area contributed by atoms with Crippen LogP contribution < -0.4 is 5.32 Å². The number of amides is 1. The van der Waals surface area contributed by atoms with Crippen molar-refractivity contribution in [2.45, 2.75) is 39.3 Å². The fourth-order valence-corrected chi connectivity index (χ4v) is 2.22. The molecule has 0 aromatic rings. The maximum Gasteiger partial charge on any atom is 0.241 e. The van der Waals surface area contributed by atoms with Crippen LogP contribution in [0.25, 0.3) is 0 Å². The van der Waals surface area contributed by atoms with E-state index in [0.29, 0.717) is 12.6 Å². The summed E-state index contributed by atoms with van der Waals surface area (Å²) < 4.78 is 0. The van der Waals surface area contributed by atoms with Crippen molar-refractivity contribution in [3.8, 4) is 0 Å². The summed E-state index contributed by atoms with van der Waals surface area (Å²) in [5.41, 5.74) is 0. The van der Waals surface area contributed by atoms with Crippen molar-refractivity contribution in [3.63, 3.8) is 0 Å². The summed E-state index contributed by atoms with van der Waals surface area (Å²) in [5, 5.41) is 3.32. The van der Waals surface area contributed by atoms with E-state index in [1.807, 2.05) is 19.0 Å². The Balaban J connectivity index is 2.56. The molecule has 0 bridgehead atoms. The predicted octanol–water partition coefficient (Wildman–Crippen LogP) is 0.741. The van der Waals surface area contributed by atoms with Crippen molar-refractivity contribution in [2.24, 2.45) is 5.92 Å². The van der Waals surface area contributed by atoms with E-state index in [2.05, 4.69) is 31.0 Å². The number of rotatable bonds is 5. The first-order valence-corrected chi connectivity index (χ1v) is 6.16. The normalized spacial score (nSPS) is 25.2. The second-order valence-electron chi connectivity index (χ2n) is 5.14. The van der Waals surface area contributed by atoms with Gasteiger partial charge in [0.2, 0.25) is 5.91 Å². The van der Waals surface area contributed by atoms with Crippen molar-refractivity contribution < 1.29 is 4.79 Å². The lowest BCUT2D eigenvalue weighted by molar-refractivity contribution is -0.131. The van der Waals surface area contributed by atoms with Crippen LogP contribution in [0.5, 0.6) is 0 Å². The highest BCUT2D eigenvalue weighted by atomic mass is 16.2. The van der Waals surface area contributed by atoms with E-state index < -0.39 is 0 Å². The van der Waals surface area contributed by atoms with E-state index in [-0.39, 0.29) is 18.0 Å². The topological polar surface area (TPSA) is 35.6 Å². The number of nitrogens with zero attached hydrogens (tertiary/aromatic N) is 2. The molecule has 1 saturated heterocycles. The molecular formula is C12H25N3O. The van der Waals surface area contributed by atoms with Gasteiger partial charge in [0.1, 0.15) is 0 Å². The molecule has 3 unspecified atom stereocenters. The maximum atomic E-state index is 12.2. The van der Waals surface area contributed by atoms with E-state index in [1.165, 1.54) is 0 Å². The smallest absolute Gasteiger partial charge is 0.241 e. The average molecular weight is 227 g/mol. The van der Waals surface area contributed by atoms with Gasteiger partial charge in [0, 0.05) is 12.6 Å². The first kappa shape index (κ1) is 13.5. The SMILES string of the molecule is CCC(C)C1NCN(C(C)CN(C)C)C1=O. The number of carbonyl (C=O) groups excluding carboxylic acids is 1. The summed E-state index contributed by atoms with van der Waals surface area (Å²) in [5.74, 6) is 0.688. The molecule has 1 rings (SSSR count). The van der Waals surface area contributed by atoms with Gasteiger partial charge in [-0.25, -0.2) is 0 Å². The lowest BCUT2D eigenvalue weighted by Crippen LogP contribution is -2.43. The molecule has 94 valence electrons. The van der Waals surface area contributed by atoms with Crippen LogP contribution in [-0.4, -0.2) is 55.1 Å². The average Bonchev–Trinajstić information content (AvgIpc) is 2.58. The van der Waals surface area contributed by atoms with Crippen LogP contribution in [0.4, 0.5) is 0 Å². The zero-order valence-electron chi connectivity index (χ0n) is 11.2. The van der Waals surface area contributed by atoms with Crippen LogP contribution in [0.1, 0.15) is 27.2 Å². The van der Waals surface area contributed by atoms with Crippen molar-refractivity contribution in [1.29, 1.82) is 0 Å². The van der Waals surface area contributed by atoms with Gasteiger partial charge in [-0.05, 0) is 26.9 Å². The molecule has 4 heteroatoms. The first-order chi connectivity index (χ1) is 7.47. The van der Waals surface area contributed by atoms with Gasteiger partial charge in [-0.3, -0.25) is 10.1 Å². The zero-order valence-corrected chi connectivity index (χ0v) is 11.2. The highest BCUT2D eigenvalue weighted by Gasteiger charge is 2.36. The molecule has 4 nitrogen and oxygen atoms in total. The third-order valence-corrected chi connectivity index (χ3v) is 3.41. The van der Waals surface area contributed by atoms with Crippen LogP contribution in [0.3, 0.4) is 0 Å². The number of carbonyl (C=O) groups is 1. The minimum Gasteiger partial charge on any atom is -0.325 e. The molecule has 1 aliphatic heterocycles. The maximum absolute atomic E-state index is 12.2. The molecule has 0 spiro atoms. The van der Waals surface area contributed by atoms with Gasteiger partial charge in [-0.1, -0.05) is 20.3 Å². The van der Waals surface area contributed by atoms with Crippen LogP contribution >= 0.6 is 0 Å². The van der Waals surface area contributed by atoms with Gasteiger partial charge in [-0.2, -0.15) is 0 Å². The highest BCUT2D eigenvalue weighted by Crippen LogP contribution is 2.17. The molecule has 0 saturated carbocycles. The first-order valence-electron chi connectivity index (χ1n) is 6.16. The minimum absolute atomic E-state index is 0.0228. The summed E-state index contributed by atoms with van der Waals surface area (Å²) in [4.78, 5) is 16.2. The summed E-state index contributed by atoms with van der Waals surface area (Å²) in [6, 6.07) is 0.304. The van der Waals surface area contributed by atoms with Gasteiger partial charge in [0.15, 0.2) is 0 Å². The second-order valence-corrected chi connectivity index (χ2v) is 5.14. The van der Waals surface area contributed by atoms with Crippen molar-refractivity contribution in [3.05, 3.63) is 0 Å². The number of likely N-dealkylation sites (N-methyl/N-ethyl adjacent to an activating group) is 1. The van der Waals surface area contributed by atoms with Crippen LogP contribution in [0.15, 0.2) is 0 Å². The predicted molar refractivity (Wildman–Crippen MR) is 66.1 cm³/mol. The fourth-order valence-electron chi connectivity index (χ4n) is 2.22. The summed E-state index contributed by atoms with van der Waals surface area (Å²) in [7, 11) is 4.08. The molecule has 1 amide bonds. The Hall–Kier alpha value is -0.610. The van der Waals surface area contributed by atoms with Crippen LogP contribution in [0, 0.1) is 5.92 Å². The molecule has 16 heavy (non-hydrogen) atoms. The Bertz CT molecular complexity index is 242. The Morgan fingerprint density at radius 2 is 2.12 bits per heavy atom. The lowest BCUT2D eigenvalue weighted by atomic mass is 9.99. The minimum atomic E-state index is 0.0228. The molecule has 0 aromatic carbocycles. The molecule has 0 aromatic heterocycles. The number of hydrogen-bond donors (Lipinski definition) is 1. The Morgan fingerprint density at radius 1 is 1.50 bits per heavy atom. The van der Waals surface area contributed by atoms with Crippen molar-refractivity contribution >= 4 is 5.91 Å². The number of hydrogen-bond acceptors (Lipinski definition) is 3. The van der Waals surface area contributed by atoms with Gasteiger partial charge in [0.25, 0.3) is 0 Å². The highest BCUT2D eigenvalue weighted by molar-refractivity contribution is 5.84. The van der Waals surface area contributed by atoms with E-state index in [0.717, 1.165) is 13.0 Å². The summed E-state index contributed by atoms with van der Waals surface area (Å²) in [6.07, 6.45) is 1.04. The Labute approximate surface area is 99.0 Å². The third kappa shape index (κ3) is 2.95. The molecule has 1 N–H and O–H groups in total. The quantitative estimate of drug-likeness (QED) is 0.752. The third-order valence-electron chi connectivity index (χ3n) is 3.41. The molecule has 3 atom stereocenters. The lowest BCUT2D eigenvalue weighted by Gasteiger charge is -2.27. The molecule has 1 fully saturated rings. The Morgan fingerprint density at radius 3 is 2.62 bits per heavy atom. The Kier molecular flexibility index (Phi) is 4.74. The summed E-state index contributed by atoms with van der Waals surface area (Å²) in [6.45, 7) is 7.99. The zero-order chi connectivity index (χ0) is 12.3. The van der Waals surface area contributed by atoms with Gasteiger partial charge < -0.3 is 9.80 Å². The van der Waals surface area contributed by atoms with E-state index in [1.54, 1.807) is 0 Å². The molecule has 1 heterocycles. The molecule has 0 radical (unpaired) electrons.